The Morgan fingerprint density at radius 3 is 2.54 bits per heavy atom. The SMILES string of the molecule is Cc1cc(C(F)(F)F)cc(N2C(=O)N(CCCN3CCNCC3)CC2C(=O)N(C)c2ccc(F)c(Cl)c2F)n1. The van der Waals surface area contributed by atoms with Crippen molar-refractivity contribution < 1.29 is 31.5 Å². The second-order valence-corrected chi connectivity index (χ2v) is 9.88. The summed E-state index contributed by atoms with van der Waals surface area (Å²) in [5, 5.41) is 2.44. The third-order valence-electron chi connectivity index (χ3n) is 6.80. The molecule has 2 aliphatic heterocycles. The van der Waals surface area contributed by atoms with Gasteiger partial charge in [0.2, 0.25) is 0 Å². The quantitative estimate of drug-likeness (QED) is 0.401. The van der Waals surface area contributed by atoms with Gasteiger partial charge in [0.1, 0.15) is 22.7 Å². The van der Waals surface area contributed by atoms with Crippen LogP contribution in [0.3, 0.4) is 0 Å². The minimum atomic E-state index is -4.71. The Morgan fingerprint density at radius 2 is 1.87 bits per heavy atom. The maximum Gasteiger partial charge on any atom is 0.416 e. The Labute approximate surface area is 227 Å². The van der Waals surface area contributed by atoms with Crippen LogP contribution in [0.25, 0.3) is 0 Å². The zero-order chi connectivity index (χ0) is 28.5. The Kier molecular flexibility index (Phi) is 8.62. The lowest BCUT2D eigenvalue weighted by Crippen LogP contribution is -2.47. The first-order valence-corrected chi connectivity index (χ1v) is 12.7. The highest BCUT2D eigenvalue weighted by Crippen LogP contribution is 2.35. The summed E-state index contributed by atoms with van der Waals surface area (Å²) in [5.74, 6) is -3.34. The number of hydrogen-bond acceptors (Lipinski definition) is 5. The van der Waals surface area contributed by atoms with Crippen LogP contribution in [0.4, 0.5) is 38.3 Å². The fourth-order valence-corrected chi connectivity index (χ4v) is 4.92. The summed E-state index contributed by atoms with van der Waals surface area (Å²) in [4.78, 5) is 36.6. The monoisotopic (exact) mass is 574 g/mol. The lowest BCUT2D eigenvalue weighted by molar-refractivity contribution is -0.137. The van der Waals surface area contributed by atoms with Crippen molar-refractivity contribution in [1.82, 2.24) is 20.1 Å². The van der Waals surface area contributed by atoms with E-state index in [1.54, 1.807) is 0 Å². The molecule has 2 aromatic rings. The van der Waals surface area contributed by atoms with E-state index in [2.05, 4.69) is 15.2 Å². The van der Waals surface area contributed by atoms with Crippen LogP contribution in [0.5, 0.6) is 0 Å². The molecule has 0 radical (unpaired) electrons. The summed E-state index contributed by atoms with van der Waals surface area (Å²) < 4.78 is 69.1. The molecule has 1 aromatic heterocycles. The van der Waals surface area contributed by atoms with Crippen molar-refractivity contribution in [2.75, 3.05) is 62.7 Å². The Hall–Kier alpha value is -3.03. The van der Waals surface area contributed by atoms with Crippen LogP contribution in [0.15, 0.2) is 24.3 Å². The second kappa shape index (κ2) is 11.6. The van der Waals surface area contributed by atoms with Gasteiger partial charge in [-0.25, -0.2) is 18.6 Å². The molecular formula is C25H28ClF5N6O2. The Balaban J connectivity index is 1.64. The van der Waals surface area contributed by atoms with Crippen LogP contribution in [-0.4, -0.2) is 85.6 Å². The van der Waals surface area contributed by atoms with Gasteiger partial charge in [0.25, 0.3) is 5.91 Å². The van der Waals surface area contributed by atoms with Crippen molar-refractivity contribution in [3.63, 3.8) is 0 Å². The largest absolute Gasteiger partial charge is 0.416 e. The molecular weight excluding hydrogens is 547 g/mol. The van der Waals surface area contributed by atoms with E-state index in [-0.39, 0.29) is 30.3 Å². The molecule has 39 heavy (non-hydrogen) atoms. The number of aromatic nitrogens is 1. The number of urea groups is 1. The number of piperazine rings is 1. The molecule has 2 fully saturated rings. The molecule has 14 heteroatoms. The van der Waals surface area contributed by atoms with Crippen molar-refractivity contribution in [1.29, 1.82) is 0 Å². The first kappa shape index (κ1) is 29.0. The number of amides is 3. The summed E-state index contributed by atoms with van der Waals surface area (Å²) in [7, 11) is 1.22. The average Bonchev–Trinajstić information content (AvgIpc) is 3.22. The fourth-order valence-electron chi connectivity index (χ4n) is 4.76. The number of hydrogen-bond donors (Lipinski definition) is 1. The number of alkyl halides is 3. The summed E-state index contributed by atoms with van der Waals surface area (Å²) in [5.41, 5.74) is -1.37. The zero-order valence-corrected chi connectivity index (χ0v) is 22.1. The van der Waals surface area contributed by atoms with E-state index in [0.29, 0.717) is 19.0 Å². The van der Waals surface area contributed by atoms with Gasteiger partial charge in [-0.3, -0.25) is 9.69 Å². The van der Waals surface area contributed by atoms with Gasteiger partial charge in [-0.05, 0) is 44.2 Å². The highest BCUT2D eigenvalue weighted by Gasteiger charge is 2.45. The number of pyridine rings is 1. The molecule has 0 spiro atoms. The van der Waals surface area contributed by atoms with E-state index in [9.17, 15) is 31.5 Å². The number of rotatable bonds is 7. The van der Waals surface area contributed by atoms with Crippen LogP contribution in [0.2, 0.25) is 5.02 Å². The summed E-state index contributed by atoms with van der Waals surface area (Å²) in [6.07, 6.45) is -4.13. The summed E-state index contributed by atoms with van der Waals surface area (Å²) in [6, 6.07) is 1.46. The molecule has 3 amide bonds. The highest BCUT2D eigenvalue weighted by atomic mass is 35.5. The van der Waals surface area contributed by atoms with Crippen LogP contribution < -0.4 is 15.1 Å². The lowest BCUT2D eigenvalue weighted by Gasteiger charge is -2.27. The number of aryl methyl sites for hydroxylation is 1. The molecule has 8 nitrogen and oxygen atoms in total. The highest BCUT2D eigenvalue weighted by molar-refractivity contribution is 6.31. The number of likely N-dealkylation sites (N-methyl/N-ethyl adjacent to an activating group) is 1. The number of carbonyl (C=O) groups is 2. The van der Waals surface area contributed by atoms with Crippen molar-refractivity contribution in [2.45, 2.75) is 25.6 Å². The molecule has 1 unspecified atom stereocenters. The number of nitrogens with zero attached hydrogens (tertiary/aromatic N) is 5. The second-order valence-electron chi connectivity index (χ2n) is 9.50. The Morgan fingerprint density at radius 1 is 1.18 bits per heavy atom. The third kappa shape index (κ3) is 6.25. The number of carbonyl (C=O) groups excluding carboxylic acids is 2. The third-order valence-corrected chi connectivity index (χ3v) is 7.15. The number of nitrogens with one attached hydrogen (secondary N) is 1. The maximum atomic E-state index is 14.7. The standard InChI is InChI=1S/C25H28ClF5N6O2/c1-15-12-16(25(29,30)31)13-20(33-15)37-19(23(38)34(2)18-5-4-17(27)21(26)22(18)28)14-36(24(37)39)9-3-8-35-10-6-32-7-11-35/h4-5,12-13,19,32H,3,6-11,14H2,1-2H3. The van der Waals surface area contributed by atoms with Gasteiger partial charge in [-0.1, -0.05) is 11.6 Å². The van der Waals surface area contributed by atoms with E-state index in [1.165, 1.54) is 18.9 Å². The molecule has 1 atom stereocenters. The molecule has 2 aliphatic rings. The molecule has 0 bridgehead atoms. The van der Waals surface area contributed by atoms with E-state index in [1.807, 2.05) is 0 Å². The van der Waals surface area contributed by atoms with Gasteiger partial charge in [-0.15, -0.1) is 0 Å². The number of halogens is 6. The molecule has 0 saturated carbocycles. The van der Waals surface area contributed by atoms with Crippen LogP contribution in [0.1, 0.15) is 17.7 Å². The van der Waals surface area contributed by atoms with Gasteiger partial charge in [0.15, 0.2) is 5.82 Å². The normalized spacial score (nSPS) is 18.7. The molecule has 0 aliphatic carbocycles. The maximum absolute atomic E-state index is 14.7. The molecule has 1 aromatic carbocycles. The molecule has 3 heterocycles. The van der Waals surface area contributed by atoms with E-state index in [4.69, 9.17) is 11.6 Å². The van der Waals surface area contributed by atoms with Gasteiger partial charge < -0.3 is 20.0 Å². The van der Waals surface area contributed by atoms with Crippen molar-refractivity contribution >= 4 is 35.0 Å². The fraction of sp³-hybridized carbons (Fsp3) is 0.480. The van der Waals surface area contributed by atoms with E-state index >= 15 is 0 Å². The minimum absolute atomic E-state index is 0.000646. The molecule has 1 N–H and O–H groups in total. The van der Waals surface area contributed by atoms with Gasteiger partial charge in [0, 0.05) is 45.5 Å². The first-order valence-electron chi connectivity index (χ1n) is 12.4. The predicted octanol–water partition coefficient (Wildman–Crippen LogP) is 3.91. The van der Waals surface area contributed by atoms with Gasteiger partial charge in [-0.2, -0.15) is 13.2 Å². The van der Waals surface area contributed by atoms with Gasteiger partial charge >= 0.3 is 12.2 Å². The number of benzene rings is 1. The molecule has 212 valence electrons. The van der Waals surface area contributed by atoms with Crippen molar-refractivity contribution in [2.24, 2.45) is 0 Å². The molecule has 4 rings (SSSR count). The minimum Gasteiger partial charge on any atom is -0.322 e. The van der Waals surface area contributed by atoms with E-state index in [0.717, 1.165) is 54.2 Å². The molecule has 2 saturated heterocycles. The van der Waals surface area contributed by atoms with Crippen LogP contribution in [-0.2, 0) is 11.0 Å². The Bertz CT molecular complexity index is 1240. The summed E-state index contributed by atoms with van der Waals surface area (Å²) >= 11 is 5.68. The van der Waals surface area contributed by atoms with Gasteiger partial charge in [0.05, 0.1) is 17.8 Å². The smallest absolute Gasteiger partial charge is 0.322 e. The van der Waals surface area contributed by atoms with E-state index < -0.39 is 46.4 Å². The zero-order valence-electron chi connectivity index (χ0n) is 21.4. The first-order chi connectivity index (χ1) is 18.4. The predicted molar refractivity (Wildman–Crippen MR) is 136 cm³/mol. The average molecular weight is 575 g/mol. The lowest BCUT2D eigenvalue weighted by atomic mass is 10.1. The summed E-state index contributed by atoms with van der Waals surface area (Å²) in [6.45, 7) is 5.55. The number of anilines is 2. The van der Waals surface area contributed by atoms with Crippen molar-refractivity contribution in [3.8, 4) is 0 Å². The topological polar surface area (TPSA) is 72.0 Å². The van der Waals surface area contributed by atoms with Crippen LogP contribution in [0, 0.1) is 18.6 Å². The van der Waals surface area contributed by atoms with Crippen molar-refractivity contribution in [3.05, 3.63) is 52.2 Å². The van der Waals surface area contributed by atoms with Crippen LogP contribution >= 0.6 is 11.6 Å².